The minimum absolute atomic E-state index is 0.200. The second kappa shape index (κ2) is 7.77. The van der Waals surface area contributed by atoms with E-state index in [-0.39, 0.29) is 18.3 Å². The molecule has 0 fully saturated rings. The molecule has 4 nitrogen and oxygen atoms in total. The predicted molar refractivity (Wildman–Crippen MR) is 108 cm³/mol. The van der Waals surface area contributed by atoms with Crippen molar-refractivity contribution in [3.05, 3.63) is 82.6 Å². The number of thiophene rings is 1. The van der Waals surface area contributed by atoms with Crippen LogP contribution in [0, 0.1) is 5.82 Å². The van der Waals surface area contributed by atoms with Gasteiger partial charge in [0.2, 0.25) is 0 Å². The Hall–Kier alpha value is -2.90. The largest absolute Gasteiger partial charge is 0.278 e. The minimum Gasteiger partial charge on any atom is -0.278 e. The number of carbonyl (C=O) groups is 1. The SMILES string of the molecule is O=C(/C=C/c1cccs1)N(Cc1ccccn1)c1nc2ccc(F)cc2s1. The van der Waals surface area contributed by atoms with Crippen LogP contribution in [0.1, 0.15) is 10.6 Å². The molecule has 0 saturated heterocycles. The molecule has 0 saturated carbocycles. The average Bonchev–Trinajstić information content (AvgIpc) is 3.34. The maximum absolute atomic E-state index is 13.5. The number of aromatic nitrogens is 2. The zero-order valence-electron chi connectivity index (χ0n) is 14.1. The molecule has 0 aliphatic rings. The van der Waals surface area contributed by atoms with Gasteiger partial charge in [-0.3, -0.25) is 14.7 Å². The van der Waals surface area contributed by atoms with E-state index in [1.165, 1.54) is 29.5 Å². The fraction of sp³-hybridized carbons (Fsp3) is 0.0500. The van der Waals surface area contributed by atoms with Crippen molar-refractivity contribution in [2.75, 3.05) is 4.90 Å². The third-order valence-electron chi connectivity index (χ3n) is 3.82. The maximum atomic E-state index is 13.5. The van der Waals surface area contributed by atoms with E-state index in [4.69, 9.17) is 0 Å². The molecule has 1 aromatic carbocycles. The molecule has 0 radical (unpaired) electrons. The molecule has 27 heavy (non-hydrogen) atoms. The van der Waals surface area contributed by atoms with Gasteiger partial charge in [0.05, 0.1) is 22.5 Å². The highest BCUT2D eigenvalue weighted by Gasteiger charge is 2.19. The summed E-state index contributed by atoms with van der Waals surface area (Å²) < 4.78 is 14.2. The van der Waals surface area contributed by atoms with Gasteiger partial charge in [0.15, 0.2) is 5.13 Å². The van der Waals surface area contributed by atoms with Crippen LogP contribution >= 0.6 is 22.7 Å². The average molecular weight is 395 g/mol. The van der Waals surface area contributed by atoms with Crippen LogP contribution in [0.3, 0.4) is 0 Å². The summed E-state index contributed by atoms with van der Waals surface area (Å²) in [6.07, 6.45) is 5.00. The van der Waals surface area contributed by atoms with Gasteiger partial charge >= 0.3 is 0 Å². The number of fused-ring (bicyclic) bond motifs is 1. The molecule has 1 amide bonds. The Kier molecular flexibility index (Phi) is 5.04. The zero-order chi connectivity index (χ0) is 18.6. The smallest absolute Gasteiger partial charge is 0.253 e. The van der Waals surface area contributed by atoms with Crippen molar-refractivity contribution in [3.8, 4) is 0 Å². The monoisotopic (exact) mass is 395 g/mol. The highest BCUT2D eigenvalue weighted by Crippen LogP contribution is 2.30. The molecule has 4 rings (SSSR count). The summed E-state index contributed by atoms with van der Waals surface area (Å²) in [5, 5.41) is 2.47. The third-order valence-corrected chi connectivity index (χ3v) is 5.69. The molecule has 3 aromatic heterocycles. The summed E-state index contributed by atoms with van der Waals surface area (Å²) in [4.78, 5) is 24.3. The number of anilines is 1. The van der Waals surface area contributed by atoms with Crippen LogP contribution in [0.2, 0.25) is 0 Å². The summed E-state index contributed by atoms with van der Waals surface area (Å²) in [6.45, 7) is 0.288. The fourth-order valence-corrected chi connectivity index (χ4v) is 4.14. The van der Waals surface area contributed by atoms with E-state index in [2.05, 4.69) is 9.97 Å². The van der Waals surface area contributed by atoms with Crippen molar-refractivity contribution in [2.45, 2.75) is 6.54 Å². The summed E-state index contributed by atoms with van der Waals surface area (Å²) >= 11 is 2.84. The molecular weight excluding hydrogens is 381 g/mol. The molecule has 4 aromatic rings. The van der Waals surface area contributed by atoms with E-state index < -0.39 is 0 Å². The van der Waals surface area contributed by atoms with Crippen LogP contribution in [0.25, 0.3) is 16.3 Å². The number of thiazole rings is 1. The molecule has 0 bridgehead atoms. The highest BCUT2D eigenvalue weighted by molar-refractivity contribution is 7.22. The first-order valence-electron chi connectivity index (χ1n) is 8.18. The van der Waals surface area contributed by atoms with Gasteiger partial charge in [-0.1, -0.05) is 23.5 Å². The second-order valence-corrected chi connectivity index (χ2v) is 7.69. The first-order chi connectivity index (χ1) is 13.2. The first kappa shape index (κ1) is 17.5. The number of amides is 1. The van der Waals surface area contributed by atoms with E-state index in [0.29, 0.717) is 15.3 Å². The van der Waals surface area contributed by atoms with Crippen LogP contribution in [0.5, 0.6) is 0 Å². The molecule has 0 unspecified atom stereocenters. The van der Waals surface area contributed by atoms with E-state index in [0.717, 1.165) is 10.6 Å². The van der Waals surface area contributed by atoms with Crippen LogP contribution in [-0.2, 0) is 11.3 Å². The predicted octanol–water partition coefficient (Wildman–Crippen LogP) is 5.14. The van der Waals surface area contributed by atoms with Gasteiger partial charge < -0.3 is 0 Å². The Morgan fingerprint density at radius 3 is 2.89 bits per heavy atom. The minimum atomic E-state index is -0.321. The molecular formula is C20H14FN3OS2. The van der Waals surface area contributed by atoms with E-state index in [1.54, 1.807) is 34.6 Å². The number of pyridine rings is 1. The van der Waals surface area contributed by atoms with E-state index in [1.807, 2.05) is 35.7 Å². The lowest BCUT2D eigenvalue weighted by molar-refractivity contribution is -0.114. The van der Waals surface area contributed by atoms with Crippen molar-refractivity contribution in [1.29, 1.82) is 0 Å². The number of hydrogen-bond acceptors (Lipinski definition) is 5. The molecule has 7 heteroatoms. The van der Waals surface area contributed by atoms with Gasteiger partial charge in [-0.15, -0.1) is 11.3 Å². The number of nitrogens with zero attached hydrogens (tertiary/aromatic N) is 3. The zero-order valence-corrected chi connectivity index (χ0v) is 15.7. The van der Waals surface area contributed by atoms with Crippen LogP contribution in [0.4, 0.5) is 9.52 Å². The standard InChI is InChI=1S/C20H14FN3OS2/c21-14-6-8-17-18(12-14)27-20(23-17)24(13-15-4-1-2-10-22-15)19(25)9-7-16-5-3-11-26-16/h1-12H,13H2/b9-7+. The van der Waals surface area contributed by atoms with Gasteiger partial charge in [-0.05, 0) is 47.9 Å². The van der Waals surface area contributed by atoms with Gasteiger partial charge in [-0.2, -0.15) is 0 Å². The molecule has 0 spiro atoms. The quantitative estimate of drug-likeness (QED) is 0.440. The molecule has 0 atom stereocenters. The molecule has 0 N–H and O–H groups in total. The van der Waals surface area contributed by atoms with Crippen molar-refractivity contribution in [3.63, 3.8) is 0 Å². The molecule has 3 heterocycles. The summed E-state index contributed by atoms with van der Waals surface area (Å²) in [5.74, 6) is -0.522. The van der Waals surface area contributed by atoms with Gasteiger partial charge in [0, 0.05) is 17.2 Å². The summed E-state index contributed by atoms with van der Waals surface area (Å²) in [7, 11) is 0. The molecule has 0 aliphatic carbocycles. The number of benzene rings is 1. The molecule has 0 aliphatic heterocycles. The highest BCUT2D eigenvalue weighted by atomic mass is 32.1. The maximum Gasteiger partial charge on any atom is 0.253 e. The second-order valence-electron chi connectivity index (χ2n) is 5.70. The Balaban J connectivity index is 1.68. The molecule has 134 valence electrons. The van der Waals surface area contributed by atoms with Gasteiger partial charge in [0.25, 0.3) is 5.91 Å². The number of carbonyl (C=O) groups excluding carboxylic acids is 1. The van der Waals surface area contributed by atoms with Crippen LogP contribution < -0.4 is 4.90 Å². The van der Waals surface area contributed by atoms with Gasteiger partial charge in [-0.25, -0.2) is 9.37 Å². The van der Waals surface area contributed by atoms with Crippen LogP contribution in [-0.4, -0.2) is 15.9 Å². The van der Waals surface area contributed by atoms with Crippen molar-refractivity contribution in [1.82, 2.24) is 9.97 Å². The lowest BCUT2D eigenvalue weighted by atomic mass is 10.3. The fourth-order valence-electron chi connectivity index (χ4n) is 2.52. The summed E-state index contributed by atoms with van der Waals surface area (Å²) in [6, 6.07) is 13.9. The topological polar surface area (TPSA) is 46.1 Å². The van der Waals surface area contributed by atoms with E-state index >= 15 is 0 Å². The Bertz CT molecular complexity index is 1090. The number of halogens is 1. The lowest BCUT2D eigenvalue weighted by Crippen LogP contribution is -2.28. The van der Waals surface area contributed by atoms with Crippen molar-refractivity contribution in [2.24, 2.45) is 0 Å². The normalized spacial score (nSPS) is 11.3. The Labute approximate surface area is 163 Å². The number of hydrogen-bond donors (Lipinski definition) is 0. The Morgan fingerprint density at radius 2 is 2.11 bits per heavy atom. The van der Waals surface area contributed by atoms with E-state index in [9.17, 15) is 9.18 Å². The first-order valence-corrected chi connectivity index (χ1v) is 9.88. The Morgan fingerprint density at radius 1 is 1.19 bits per heavy atom. The third kappa shape index (κ3) is 4.10. The lowest BCUT2D eigenvalue weighted by Gasteiger charge is -2.17. The van der Waals surface area contributed by atoms with Crippen molar-refractivity contribution < 1.29 is 9.18 Å². The van der Waals surface area contributed by atoms with Gasteiger partial charge in [0.1, 0.15) is 5.82 Å². The number of rotatable bonds is 5. The summed E-state index contributed by atoms with van der Waals surface area (Å²) in [5.41, 5.74) is 1.42. The van der Waals surface area contributed by atoms with Crippen molar-refractivity contribution >= 4 is 50.0 Å². The van der Waals surface area contributed by atoms with Crippen LogP contribution in [0.15, 0.2) is 66.2 Å².